The summed E-state index contributed by atoms with van der Waals surface area (Å²) in [4.78, 5) is 21.9. The lowest BCUT2D eigenvalue weighted by Crippen LogP contribution is -2.31. The first kappa shape index (κ1) is 22.8. The highest BCUT2D eigenvalue weighted by atomic mass is 16.3. The Kier molecular flexibility index (Phi) is 6.37. The van der Waals surface area contributed by atoms with Gasteiger partial charge >= 0.3 is 0 Å². The molecule has 1 aliphatic heterocycles. The van der Waals surface area contributed by atoms with Crippen LogP contribution in [0.1, 0.15) is 61.9 Å². The Balaban J connectivity index is 1.66. The summed E-state index contributed by atoms with van der Waals surface area (Å²) in [5.41, 5.74) is 4.46. The van der Waals surface area contributed by atoms with Crippen LogP contribution in [0.3, 0.4) is 0 Å². The highest BCUT2D eigenvalue weighted by Gasteiger charge is 2.24. The fourth-order valence-electron chi connectivity index (χ4n) is 3.85. The third kappa shape index (κ3) is 5.34. The minimum Gasteiger partial charge on any atom is -0.467 e. The van der Waals surface area contributed by atoms with E-state index in [1.54, 1.807) is 12.5 Å². The molecule has 0 saturated heterocycles. The maximum Gasteiger partial charge on any atom is 0.256 e. The van der Waals surface area contributed by atoms with Gasteiger partial charge in [-0.3, -0.25) is 4.79 Å². The minimum absolute atomic E-state index is 0.00804. The summed E-state index contributed by atoms with van der Waals surface area (Å²) in [6.45, 7) is 11.9. The third-order valence-corrected chi connectivity index (χ3v) is 5.40. The summed E-state index contributed by atoms with van der Waals surface area (Å²) in [6.07, 6.45) is 4.21. The van der Waals surface area contributed by atoms with Crippen LogP contribution in [0.25, 0.3) is 0 Å². The van der Waals surface area contributed by atoms with Crippen LogP contribution in [0.5, 0.6) is 0 Å². The summed E-state index contributed by atoms with van der Waals surface area (Å²) in [5, 5.41) is 12.9. The Morgan fingerprint density at radius 1 is 1.15 bits per heavy atom. The second-order valence-corrected chi connectivity index (χ2v) is 9.66. The van der Waals surface area contributed by atoms with E-state index in [0.29, 0.717) is 17.3 Å². The highest BCUT2D eigenvalue weighted by molar-refractivity contribution is 5.99. The predicted molar refractivity (Wildman–Crippen MR) is 130 cm³/mol. The number of amides is 1. The van der Waals surface area contributed by atoms with Gasteiger partial charge in [0, 0.05) is 36.0 Å². The SMILES string of the molecule is CC(C)NC(=O)c1cnc(Nc2ccc3c(c2)CNCC3)nc1Nc1ccoc1C(C)(C)C. The quantitative estimate of drug-likeness (QED) is 0.435. The number of nitrogens with one attached hydrogen (secondary N) is 4. The maximum atomic E-state index is 12.8. The summed E-state index contributed by atoms with van der Waals surface area (Å²) in [5.74, 6) is 1.37. The standard InChI is InChI=1S/C25H32N6O2/c1-15(2)28-23(32)19-14-27-24(29-18-7-6-16-8-10-26-13-17(16)12-18)31-22(19)30-20-9-11-33-21(20)25(3,4)5/h6-7,9,11-12,14-15,26H,8,10,13H2,1-5H3,(H,28,32)(H2,27,29,30,31). The van der Waals surface area contributed by atoms with Crippen molar-refractivity contribution in [1.29, 1.82) is 0 Å². The number of furan rings is 1. The molecule has 4 N–H and O–H groups in total. The van der Waals surface area contributed by atoms with E-state index in [0.717, 1.165) is 36.6 Å². The van der Waals surface area contributed by atoms with Crippen molar-refractivity contribution in [3.8, 4) is 0 Å². The van der Waals surface area contributed by atoms with Crippen molar-refractivity contribution in [3.05, 3.63) is 59.2 Å². The van der Waals surface area contributed by atoms with Crippen LogP contribution in [0.15, 0.2) is 41.1 Å². The molecule has 3 aromatic rings. The molecule has 0 saturated carbocycles. The summed E-state index contributed by atoms with van der Waals surface area (Å²) in [7, 11) is 0. The molecule has 0 atom stereocenters. The van der Waals surface area contributed by atoms with Gasteiger partial charge in [-0.05, 0) is 50.1 Å². The topological polar surface area (TPSA) is 104 Å². The number of rotatable bonds is 6. The molecule has 0 fully saturated rings. The molecular weight excluding hydrogens is 416 g/mol. The number of aromatic nitrogens is 2. The van der Waals surface area contributed by atoms with Gasteiger partial charge in [-0.1, -0.05) is 26.8 Å². The van der Waals surface area contributed by atoms with Gasteiger partial charge in [0.05, 0.1) is 12.0 Å². The molecule has 0 aliphatic carbocycles. The van der Waals surface area contributed by atoms with E-state index in [1.807, 2.05) is 26.0 Å². The molecule has 3 heterocycles. The molecular formula is C25H32N6O2. The van der Waals surface area contributed by atoms with Gasteiger partial charge in [0.2, 0.25) is 5.95 Å². The summed E-state index contributed by atoms with van der Waals surface area (Å²) >= 11 is 0. The molecule has 8 nitrogen and oxygen atoms in total. The molecule has 0 unspecified atom stereocenters. The van der Waals surface area contributed by atoms with Gasteiger partial charge in [0.15, 0.2) is 0 Å². The minimum atomic E-state index is -0.236. The van der Waals surface area contributed by atoms with Gasteiger partial charge in [0.1, 0.15) is 17.1 Å². The smallest absolute Gasteiger partial charge is 0.256 e. The normalized spacial score (nSPS) is 13.5. The van der Waals surface area contributed by atoms with Crippen molar-refractivity contribution in [2.24, 2.45) is 0 Å². The highest BCUT2D eigenvalue weighted by Crippen LogP contribution is 2.33. The van der Waals surface area contributed by atoms with Crippen LogP contribution in [-0.2, 0) is 18.4 Å². The average Bonchev–Trinajstić information content (AvgIpc) is 3.22. The molecule has 33 heavy (non-hydrogen) atoms. The van der Waals surface area contributed by atoms with Crippen molar-refractivity contribution in [3.63, 3.8) is 0 Å². The van der Waals surface area contributed by atoms with Gasteiger partial charge in [-0.15, -0.1) is 0 Å². The van der Waals surface area contributed by atoms with E-state index >= 15 is 0 Å². The molecule has 1 amide bonds. The Bertz CT molecular complexity index is 1150. The van der Waals surface area contributed by atoms with Crippen LogP contribution >= 0.6 is 0 Å². The van der Waals surface area contributed by atoms with Crippen LogP contribution in [0.2, 0.25) is 0 Å². The molecule has 1 aliphatic rings. The number of hydrogen-bond acceptors (Lipinski definition) is 7. The van der Waals surface area contributed by atoms with Gasteiger partial charge < -0.3 is 25.7 Å². The fourth-order valence-corrected chi connectivity index (χ4v) is 3.85. The lowest BCUT2D eigenvalue weighted by Gasteiger charge is -2.19. The molecule has 4 rings (SSSR count). The first-order chi connectivity index (χ1) is 15.7. The van der Waals surface area contributed by atoms with E-state index in [-0.39, 0.29) is 17.4 Å². The maximum absolute atomic E-state index is 12.8. The van der Waals surface area contributed by atoms with Gasteiger partial charge in [-0.2, -0.15) is 4.98 Å². The Hall–Kier alpha value is -3.39. The molecule has 174 valence electrons. The summed E-state index contributed by atoms with van der Waals surface area (Å²) in [6, 6.07) is 8.13. The molecule has 8 heteroatoms. The number of anilines is 4. The second kappa shape index (κ2) is 9.23. The Morgan fingerprint density at radius 2 is 1.97 bits per heavy atom. The zero-order valence-corrected chi connectivity index (χ0v) is 19.9. The number of nitrogens with zero attached hydrogens (tertiary/aromatic N) is 2. The van der Waals surface area contributed by atoms with Crippen LogP contribution in [0.4, 0.5) is 23.1 Å². The van der Waals surface area contributed by atoms with Crippen molar-refractivity contribution >= 4 is 29.0 Å². The molecule has 0 bridgehead atoms. The van der Waals surface area contributed by atoms with Crippen molar-refractivity contribution in [1.82, 2.24) is 20.6 Å². The molecule has 0 spiro atoms. The monoisotopic (exact) mass is 448 g/mol. The van der Waals surface area contributed by atoms with E-state index in [2.05, 4.69) is 64.1 Å². The fraction of sp³-hybridized carbons (Fsp3) is 0.400. The first-order valence-corrected chi connectivity index (χ1v) is 11.3. The zero-order valence-electron chi connectivity index (χ0n) is 19.9. The molecule has 2 aromatic heterocycles. The molecule has 0 radical (unpaired) electrons. The van der Waals surface area contributed by atoms with Crippen LogP contribution < -0.4 is 21.3 Å². The third-order valence-electron chi connectivity index (χ3n) is 5.40. The molecule has 1 aromatic carbocycles. The van der Waals surface area contributed by atoms with Crippen molar-refractivity contribution in [2.75, 3.05) is 17.2 Å². The lowest BCUT2D eigenvalue weighted by molar-refractivity contribution is 0.0943. The van der Waals surface area contributed by atoms with Crippen LogP contribution in [0, 0.1) is 0 Å². The van der Waals surface area contributed by atoms with E-state index in [9.17, 15) is 4.79 Å². The number of carbonyl (C=O) groups excluding carboxylic acids is 1. The predicted octanol–water partition coefficient (Wildman–Crippen LogP) is 4.64. The van der Waals surface area contributed by atoms with E-state index in [4.69, 9.17) is 4.42 Å². The van der Waals surface area contributed by atoms with Gasteiger partial charge in [0.25, 0.3) is 5.91 Å². The van der Waals surface area contributed by atoms with Gasteiger partial charge in [-0.25, -0.2) is 4.98 Å². The Morgan fingerprint density at radius 3 is 2.73 bits per heavy atom. The number of hydrogen-bond donors (Lipinski definition) is 4. The average molecular weight is 449 g/mol. The van der Waals surface area contributed by atoms with E-state index in [1.165, 1.54) is 11.1 Å². The van der Waals surface area contributed by atoms with Crippen LogP contribution in [-0.4, -0.2) is 28.5 Å². The van der Waals surface area contributed by atoms with Crippen molar-refractivity contribution in [2.45, 2.75) is 59.0 Å². The number of benzene rings is 1. The lowest BCUT2D eigenvalue weighted by atomic mass is 9.92. The number of carbonyl (C=O) groups is 1. The largest absolute Gasteiger partial charge is 0.467 e. The second-order valence-electron chi connectivity index (χ2n) is 9.66. The van der Waals surface area contributed by atoms with Crippen molar-refractivity contribution < 1.29 is 9.21 Å². The Labute approximate surface area is 194 Å². The zero-order chi connectivity index (χ0) is 23.6. The first-order valence-electron chi connectivity index (χ1n) is 11.3. The summed E-state index contributed by atoms with van der Waals surface area (Å²) < 4.78 is 5.72. The van der Waals surface area contributed by atoms with E-state index < -0.39 is 0 Å². The number of fused-ring (bicyclic) bond motifs is 1.